The number of ether oxygens (including phenoxy) is 1. The SMILES string of the molecule is Cc1ccc(C[C@H](C)/C(N)=N/OC(=O)[C@@H]2CCCN2C(=O)OCC2c3ccccc3-c3ccccc32)cc1. The van der Waals surface area contributed by atoms with Crippen molar-refractivity contribution in [3.8, 4) is 11.1 Å². The minimum Gasteiger partial charge on any atom is -0.448 e. The molecule has 0 radical (unpaired) electrons. The molecule has 1 saturated heterocycles. The maximum absolute atomic E-state index is 13.0. The van der Waals surface area contributed by atoms with Gasteiger partial charge in [-0.3, -0.25) is 4.90 Å². The highest BCUT2D eigenvalue weighted by atomic mass is 16.7. The largest absolute Gasteiger partial charge is 0.448 e. The predicted octanol–water partition coefficient (Wildman–Crippen LogP) is 5.40. The fourth-order valence-corrected chi connectivity index (χ4v) is 5.34. The Morgan fingerprint density at radius 1 is 1.00 bits per heavy atom. The summed E-state index contributed by atoms with van der Waals surface area (Å²) in [6.07, 6.45) is 1.35. The summed E-state index contributed by atoms with van der Waals surface area (Å²) in [5.74, 6) is -0.503. The molecule has 0 saturated carbocycles. The van der Waals surface area contributed by atoms with E-state index in [-0.39, 0.29) is 24.3 Å². The molecular weight excluding hydrogens is 478 g/mol. The van der Waals surface area contributed by atoms with Crippen LogP contribution in [0.3, 0.4) is 0 Å². The zero-order valence-corrected chi connectivity index (χ0v) is 21.8. The van der Waals surface area contributed by atoms with Gasteiger partial charge in [-0.15, -0.1) is 0 Å². The van der Waals surface area contributed by atoms with Gasteiger partial charge in [0.25, 0.3) is 0 Å². The number of hydrogen-bond acceptors (Lipinski definition) is 5. The van der Waals surface area contributed by atoms with Crippen LogP contribution in [0.25, 0.3) is 11.1 Å². The Kier molecular flexibility index (Phi) is 7.45. The van der Waals surface area contributed by atoms with E-state index in [0.717, 1.165) is 16.7 Å². The second-order valence-corrected chi connectivity index (χ2v) is 10.2. The van der Waals surface area contributed by atoms with Crippen LogP contribution >= 0.6 is 0 Å². The highest BCUT2D eigenvalue weighted by Gasteiger charge is 2.38. The summed E-state index contributed by atoms with van der Waals surface area (Å²) in [4.78, 5) is 32.5. The second kappa shape index (κ2) is 11.1. The maximum atomic E-state index is 13.0. The average molecular weight is 512 g/mol. The van der Waals surface area contributed by atoms with E-state index in [2.05, 4.69) is 41.6 Å². The summed E-state index contributed by atoms with van der Waals surface area (Å²) in [6.45, 7) is 4.61. The maximum Gasteiger partial charge on any atom is 0.410 e. The molecule has 0 spiro atoms. The second-order valence-electron chi connectivity index (χ2n) is 10.2. The summed E-state index contributed by atoms with van der Waals surface area (Å²) < 4.78 is 5.76. The van der Waals surface area contributed by atoms with Gasteiger partial charge in [0.15, 0.2) is 0 Å². The normalized spacial score (nSPS) is 17.6. The number of rotatable bonds is 7. The molecule has 38 heavy (non-hydrogen) atoms. The fraction of sp³-hybridized carbons (Fsp3) is 0.323. The highest BCUT2D eigenvalue weighted by molar-refractivity contribution is 5.85. The third kappa shape index (κ3) is 5.28. The van der Waals surface area contributed by atoms with Gasteiger partial charge in [0.05, 0.1) is 0 Å². The van der Waals surface area contributed by atoms with Crippen molar-refractivity contribution < 1.29 is 19.2 Å². The lowest BCUT2D eigenvalue weighted by Crippen LogP contribution is -2.42. The molecule has 1 fully saturated rings. The molecule has 0 bridgehead atoms. The summed E-state index contributed by atoms with van der Waals surface area (Å²) in [5.41, 5.74) is 13.0. The number of aryl methyl sites for hydroxylation is 1. The molecule has 1 aliphatic carbocycles. The summed E-state index contributed by atoms with van der Waals surface area (Å²) in [6, 6.07) is 23.8. The molecule has 7 nitrogen and oxygen atoms in total. The molecule has 3 aromatic rings. The number of oxime groups is 1. The predicted molar refractivity (Wildman–Crippen MR) is 147 cm³/mol. The molecule has 2 atom stereocenters. The van der Waals surface area contributed by atoms with Crippen LogP contribution in [-0.4, -0.2) is 42.0 Å². The Morgan fingerprint density at radius 2 is 1.63 bits per heavy atom. The molecule has 3 aromatic carbocycles. The number of carbonyl (C=O) groups is 2. The molecule has 2 N–H and O–H groups in total. The molecule has 7 heteroatoms. The van der Waals surface area contributed by atoms with Gasteiger partial charge in [0, 0.05) is 18.4 Å². The van der Waals surface area contributed by atoms with Gasteiger partial charge in [-0.2, -0.15) is 0 Å². The average Bonchev–Trinajstić information content (AvgIpc) is 3.55. The highest BCUT2D eigenvalue weighted by Crippen LogP contribution is 2.44. The number of fused-ring (bicyclic) bond motifs is 3. The summed E-state index contributed by atoms with van der Waals surface area (Å²) >= 11 is 0. The minimum absolute atomic E-state index is 0.0428. The van der Waals surface area contributed by atoms with Gasteiger partial charge < -0.3 is 15.3 Å². The van der Waals surface area contributed by atoms with Crippen molar-refractivity contribution >= 4 is 17.9 Å². The van der Waals surface area contributed by atoms with Gasteiger partial charge >= 0.3 is 12.1 Å². The van der Waals surface area contributed by atoms with Crippen molar-refractivity contribution in [1.29, 1.82) is 0 Å². The molecule has 0 aromatic heterocycles. The Balaban J connectivity index is 1.18. The van der Waals surface area contributed by atoms with Gasteiger partial charge in [0.2, 0.25) is 0 Å². The molecular formula is C31H33N3O4. The first-order chi connectivity index (χ1) is 18.4. The molecule has 0 unspecified atom stereocenters. The lowest BCUT2D eigenvalue weighted by molar-refractivity contribution is -0.148. The van der Waals surface area contributed by atoms with Gasteiger partial charge in [0.1, 0.15) is 18.5 Å². The first kappa shape index (κ1) is 25.5. The number of benzene rings is 3. The van der Waals surface area contributed by atoms with E-state index in [0.29, 0.717) is 25.8 Å². The summed E-state index contributed by atoms with van der Waals surface area (Å²) in [7, 11) is 0. The van der Waals surface area contributed by atoms with Crippen LogP contribution < -0.4 is 5.73 Å². The Morgan fingerprint density at radius 3 is 2.29 bits per heavy atom. The fourth-order valence-electron chi connectivity index (χ4n) is 5.34. The zero-order chi connectivity index (χ0) is 26.6. The number of likely N-dealkylation sites (tertiary alicyclic amines) is 1. The van der Waals surface area contributed by atoms with Gasteiger partial charge in [-0.25, -0.2) is 9.59 Å². The third-order valence-electron chi connectivity index (χ3n) is 7.50. The van der Waals surface area contributed by atoms with Crippen LogP contribution in [0.2, 0.25) is 0 Å². The molecule has 1 amide bonds. The van der Waals surface area contributed by atoms with Crippen molar-refractivity contribution in [1.82, 2.24) is 4.90 Å². The first-order valence-electron chi connectivity index (χ1n) is 13.1. The summed E-state index contributed by atoms with van der Waals surface area (Å²) in [5, 5.41) is 3.90. The van der Waals surface area contributed by atoms with E-state index in [9.17, 15) is 9.59 Å². The standard InChI is InChI=1S/C31H33N3O4/c1-20-13-15-22(16-14-20)18-21(2)29(32)33-38-30(35)28-12-7-17-34(28)31(36)37-19-27-25-10-5-3-8-23(25)24-9-4-6-11-26(24)27/h3-6,8-11,13-16,21,27-28H,7,12,17-19H2,1-2H3,(H2,32,33)/t21-,28-/m0/s1. The number of hydrogen-bond donors (Lipinski definition) is 1. The lowest BCUT2D eigenvalue weighted by Gasteiger charge is -2.23. The minimum atomic E-state index is -0.741. The van der Waals surface area contributed by atoms with E-state index in [4.69, 9.17) is 15.3 Å². The third-order valence-corrected chi connectivity index (χ3v) is 7.50. The van der Waals surface area contributed by atoms with E-state index in [1.165, 1.54) is 21.6 Å². The van der Waals surface area contributed by atoms with Crippen LogP contribution in [0.1, 0.15) is 47.9 Å². The van der Waals surface area contributed by atoms with E-state index in [1.54, 1.807) is 0 Å². The Hall–Kier alpha value is -4.13. The molecule has 5 rings (SSSR count). The van der Waals surface area contributed by atoms with Crippen LogP contribution in [0.15, 0.2) is 78.0 Å². The lowest BCUT2D eigenvalue weighted by atomic mass is 9.98. The van der Waals surface area contributed by atoms with Crippen LogP contribution in [0, 0.1) is 12.8 Å². The van der Waals surface area contributed by atoms with Gasteiger partial charge in [-0.05, 0) is 54.0 Å². The van der Waals surface area contributed by atoms with Crippen molar-refractivity contribution in [2.24, 2.45) is 16.8 Å². The van der Waals surface area contributed by atoms with Crippen molar-refractivity contribution in [3.05, 3.63) is 95.1 Å². The number of amides is 1. The number of amidine groups is 1. The topological polar surface area (TPSA) is 94.2 Å². The molecule has 1 aliphatic heterocycles. The monoisotopic (exact) mass is 511 g/mol. The van der Waals surface area contributed by atoms with Gasteiger partial charge in [-0.1, -0.05) is 90.4 Å². The Bertz CT molecular complexity index is 1310. The molecule has 196 valence electrons. The zero-order valence-electron chi connectivity index (χ0n) is 21.8. The molecule has 2 aliphatic rings. The van der Waals surface area contributed by atoms with Crippen molar-refractivity contribution in [2.45, 2.75) is 45.1 Å². The Labute approximate surface area is 223 Å². The smallest absolute Gasteiger partial charge is 0.410 e. The van der Waals surface area contributed by atoms with Crippen LogP contribution in [0.4, 0.5) is 4.79 Å². The van der Waals surface area contributed by atoms with Crippen molar-refractivity contribution in [3.63, 3.8) is 0 Å². The van der Waals surface area contributed by atoms with E-state index in [1.807, 2.05) is 50.2 Å². The number of carbonyl (C=O) groups excluding carboxylic acids is 2. The van der Waals surface area contributed by atoms with Crippen molar-refractivity contribution in [2.75, 3.05) is 13.2 Å². The quantitative estimate of drug-likeness (QED) is 0.198. The number of nitrogens with zero attached hydrogens (tertiary/aromatic N) is 2. The van der Waals surface area contributed by atoms with E-state index < -0.39 is 18.1 Å². The van der Waals surface area contributed by atoms with Crippen LogP contribution in [0.5, 0.6) is 0 Å². The van der Waals surface area contributed by atoms with Crippen LogP contribution in [-0.2, 0) is 20.8 Å². The first-order valence-corrected chi connectivity index (χ1v) is 13.1. The molecule has 1 heterocycles. The van der Waals surface area contributed by atoms with E-state index >= 15 is 0 Å². The number of nitrogens with two attached hydrogens (primary N) is 1.